The Morgan fingerprint density at radius 1 is 0.886 bits per heavy atom. The van der Waals surface area contributed by atoms with Crippen LogP contribution in [0.25, 0.3) is 5.69 Å². The highest BCUT2D eigenvalue weighted by atomic mass is 35.5. The maximum Gasteiger partial charge on any atom is 0.254 e. The van der Waals surface area contributed by atoms with E-state index in [2.05, 4.69) is 4.57 Å². The quantitative estimate of drug-likeness (QED) is 0.343. The van der Waals surface area contributed by atoms with Crippen LogP contribution in [0.5, 0.6) is 0 Å². The van der Waals surface area contributed by atoms with Crippen LogP contribution in [0.2, 0.25) is 5.02 Å². The third-order valence-corrected chi connectivity index (χ3v) is 6.60. The Labute approximate surface area is 210 Å². The molecule has 0 aliphatic carbocycles. The van der Waals surface area contributed by atoms with Crippen molar-refractivity contribution in [3.63, 3.8) is 0 Å². The number of aromatic nitrogens is 1. The number of amides is 2. The van der Waals surface area contributed by atoms with E-state index in [1.165, 1.54) is 0 Å². The van der Waals surface area contributed by atoms with Crippen molar-refractivity contribution < 1.29 is 9.59 Å². The Hall–Kier alpha value is -3.83. The van der Waals surface area contributed by atoms with Gasteiger partial charge in [0, 0.05) is 22.8 Å². The Balaban J connectivity index is 1.57. The number of rotatable bonds is 5. The van der Waals surface area contributed by atoms with E-state index < -0.39 is 0 Å². The van der Waals surface area contributed by atoms with Crippen molar-refractivity contribution >= 4 is 29.1 Å². The van der Waals surface area contributed by atoms with Crippen LogP contribution >= 0.6 is 11.6 Å². The average molecular weight is 484 g/mol. The first kappa shape index (κ1) is 22.9. The van der Waals surface area contributed by atoms with Crippen LogP contribution in [0.15, 0.2) is 97.2 Å². The Morgan fingerprint density at radius 3 is 2.31 bits per heavy atom. The molecule has 2 amide bonds. The lowest BCUT2D eigenvalue weighted by atomic mass is 9.97. The highest BCUT2D eigenvalue weighted by Crippen LogP contribution is 2.42. The second-order valence-corrected chi connectivity index (χ2v) is 9.34. The van der Waals surface area contributed by atoms with Crippen LogP contribution in [-0.2, 0) is 4.79 Å². The predicted molar refractivity (Wildman–Crippen MR) is 139 cm³/mol. The zero-order chi connectivity index (χ0) is 24.5. The van der Waals surface area contributed by atoms with E-state index >= 15 is 0 Å². The molecule has 1 atom stereocenters. The predicted octanol–water partition coefficient (Wildman–Crippen LogP) is 6.12. The van der Waals surface area contributed by atoms with Crippen LogP contribution in [0.3, 0.4) is 0 Å². The zero-order valence-electron chi connectivity index (χ0n) is 19.6. The summed E-state index contributed by atoms with van der Waals surface area (Å²) in [5.41, 5.74) is 4.22. The molecule has 1 aliphatic heterocycles. The topological polar surface area (TPSA) is 45.6 Å². The SMILES string of the molecule is CC(C)N(CC(=O)N1c2ccccc2-n2cccc2C1c1ccccc1)C(=O)c1cccc(Cl)c1. The van der Waals surface area contributed by atoms with Crippen molar-refractivity contribution in [2.45, 2.75) is 25.9 Å². The summed E-state index contributed by atoms with van der Waals surface area (Å²) in [5, 5.41) is 0.487. The molecule has 0 N–H and O–H groups in total. The van der Waals surface area contributed by atoms with Gasteiger partial charge in [0.25, 0.3) is 5.91 Å². The summed E-state index contributed by atoms with van der Waals surface area (Å²) in [5.74, 6) is -0.372. The fourth-order valence-corrected chi connectivity index (χ4v) is 4.90. The number of anilines is 1. The summed E-state index contributed by atoms with van der Waals surface area (Å²) < 4.78 is 2.13. The molecule has 1 unspecified atom stereocenters. The molecule has 3 aromatic carbocycles. The molecule has 0 saturated carbocycles. The average Bonchev–Trinajstić information content (AvgIpc) is 3.36. The van der Waals surface area contributed by atoms with Crippen molar-refractivity contribution in [2.75, 3.05) is 11.4 Å². The van der Waals surface area contributed by atoms with Gasteiger partial charge in [-0.05, 0) is 61.9 Å². The van der Waals surface area contributed by atoms with Gasteiger partial charge in [0.05, 0.1) is 17.1 Å². The van der Waals surface area contributed by atoms with Crippen molar-refractivity contribution in [3.8, 4) is 5.69 Å². The maximum absolute atomic E-state index is 14.1. The molecule has 2 heterocycles. The van der Waals surface area contributed by atoms with Gasteiger partial charge < -0.3 is 9.47 Å². The van der Waals surface area contributed by atoms with Gasteiger partial charge in [-0.3, -0.25) is 14.5 Å². The van der Waals surface area contributed by atoms with Crippen molar-refractivity contribution in [3.05, 3.63) is 119 Å². The van der Waals surface area contributed by atoms with E-state index in [1.54, 1.807) is 29.2 Å². The molecule has 176 valence electrons. The first-order chi connectivity index (χ1) is 17.0. The van der Waals surface area contributed by atoms with E-state index in [0.29, 0.717) is 10.6 Å². The number of benzene rings is 3. The van der Waals surface area contributed by atoms with E-state index in [-0.39, 0.29) is 30.4 Å². The highest BCUT2D eigenvalue weighted by Gasteiger charge is 2.37. The van der Waals surface area contributed by atoms with Gasteiger partial charge in [0.2, 0.25) is 5.91 Å². The van der Waals surface area contributed by atoms with E-state index in [9.17, 15) is 9.59 Å². The number of carbonyl (C=O) groups excluding carboxylic acids is 2. The number of fused-ring (bicyclic) bond motifs is 3. The number of hydrogen-bond donors (Lipinski definition) is 0. The Bertz CT molecular complexity index is 1380. The molecule has 4 aromatic rings. The molecule has 0 fully saturated rings. The summed E-state index contributed by atoms with van der Waals surface area (Å²) in [6.07, 6.45) is 2.02. The van der Waals surface area contributed by atoms with Crippen molar-refractivity contribution in [1.82, 2.24) is 9.47 Å². The van der Waals surface area contributed by atoms with E-state index in [1.807, 2.05) is 91.7 Å². The third kappa shape index (κ3) is 4.24. The molecule has 5 nitrogen and oxygen atoms in total. The molecule has 6 heteroatoms. The van der Waals surface area contributed by atoms with Crippen LogP contribution in [0.1, 0.15) is 41.5 Å². The largest absolute Gasteiger partial charge is 0.327 e. The lowest BCUT2D eigenvalue weighted by molar-refractivity contribution is -0.120. The van der Waals surface area contributed by atoms with Gasteiger partial charge in [0.15, 0.2) is 0 Å². The van der Waals surface area contributed by atoms with Crippen LogP contribution in [0, 0.1) is 0 Å². The molecule has 0 radical (unpaired) electrons. The summed E-state index contributed by atoms with van der Waals surface area (Å²) in [7, 11) is 0. The number of nitrogens with zero attached hydrogens (tertiary/aromatic N) is 3. The third-order valence-electron chi connectivity index (χ3n) is 6.36. The highest BCUT2D eigenvalue weighted by molar-refractivity contribution is 6.31. The second-order valence-electron chi connectivity index (χ2n) is 8.91. The molecule has 1 aliphatic rings. The summed E-state index contributed by atoms with van der Waals surface area (Å²) in [4.78, 5) is 30.9. The molecule has 0 spiro atoms. The molecular weight excluding hydrogens is 458 g/mol. The number of hydrogen-bond acceptors (Lipinski definition) is 2. The van der Waals surface area contributed by atoms with Crippen molar-refractivity contribution in [1.29, 1.82) is 0 Å². The van der Waals surface area contributed by atoms with E-state index in [0.717, 1.165) is 22.6 Å². The smallest absolute Gasteiger partial charge is 0.254 e. The fourth-order valence-electron chi connectivity index (χ4n) is 4.71. The zero-order valence-corrected chi connectivity index (χ0v) is 20.4. The monoisotopic (exact) mass is 483 g/mol. The second kappa shape index (κ2) is 9.43. The lowest BCUT2D eigenvalue weighted by Gasteiger charge is -2.40. The number of carbonyl (C=O) groups is 2. The number of halogens is 1. The first-order valence-electron chi connectivity index (χ1n) is 11.7. The minimum Gasteiger partial charge on any atom is -0.327 e. The summed E-state index contributed by atoms with van der Waals surface area (Å²) >= 11 is 6.13. The van der Waals surface area contributed by atoms with Crippen LogP contribution in [-0.4, -0.2) is 33.9 Å². The van der Waals surface area contributed by atoms with Gasteiger partial charge in [-0.25, -0.2) is 0 Å². The van der Waals surface area contributed by atoms with Crippen molar-refractivity contribution in [2.24, 2.45) is 0 Å². The fraction of sp³-hybridized carbons (Fsp3) is 0.172. The first-order valence-corrected chi connectivity index (χ1v) is 12.0. The normalized spacial score (nSPS) is 14.4. The molecule has 0 saturated heterocycles. The van der Waals surface area contributed by atoms with Crippen LogP contribution < -0.4 is 4.90 Å². The number of para-hydroxylation sites is 2. The summed E-state index contributed by atoms with van der Waals surface area (Å²) in [6.45, 7) is 3.78. The van der Waals surface area contributed by atoms with Gasteiger partial charge in [-0.1, -0.05) is 60.1 Å². The van der Waals surface area contributed by atoms with Gasteiger partial charge in [-0.15, -0.1) is 0 Å². The van der Waals surface area contributed by atoms with E-state index in [4.69, 9.17) is 11.6 Å². The molecule has 1 aromatic heterocycles. The maximum atomic E-state index is 14.1. The standard InChI is InChI=1S/C29H26ClN3O2/c1-20(2)32(29(35)22-12-8-13-23(30)18-22)19-27(34)33-25-15-7-6-14-24(25)31-17-9-16-26(31)28(33)21-10-4-3-5-11-21/h3-18,20,28H,19H2,1-2H3. The van der Waals surface area contributed by atoms with Gasteiger partial charge in [0.1, 0.15) is 12.6 Å². The molecular formula is C29H26ClN3O2. The lowest BCUT2D eigenvalue weighted by Crippen LogP contribution is -2.48. The summed E-state index contributed by atoms with van der Waals surface area (Å²) in [6, 6.07) is 28.3. The minimum absolute atomic E-state index is 0.0542. The minimum atomic E-state index is -0.316. The molecule has 5 rings (SSSR count). The van der Waals surface area contributed by atoms with Gasteiger partial charge in [-0.2, -0.15) is 0 Å². The Morgan fingerprint density at radius 2 is 1.60 bits per heavy atom. The molecule has 0 bridgehead atoms. The van der Waals surface area contributed by atoms with Crippen LogP contribution in [0.4, 0.5) is 5.69 Å². The Kier molecular flexibility index (Phi) is 6.18. The van der Waals surface area contributed by atoms with Gasteiger partial charge >= 0.3 is 0 Å². The molecule has 35 heavy (non-hydrogen) atoms.